The lowest BCUT2D eigenvalue weighted by Crippen LogP contribution is -2.13. The molecule has 4 nitrogen and oxygen atoms in total. The van der Waals surface area contributed by atoms with E-state index in [4.69, 9.17) is 9.84 Å². The number of aliphatic hydroxyl groups is 1. The number of hydrogen-bond donors (Lipinski definition) is 1. The molecular weight excluding hydrogens is 445 g/mol. The van der Waals surface area contributed by atoms with Crippen molar-refractivity contribution in [3.05, 3.63) is 99.6 Å². The molecule has 0 saturated carbocycles. The Morgan fingerprint density at radius 2 is 1.76 bits per heavy atom. The molecule has 0 bridgehead atoms. The van der Waals surface area contributed by atoms with Gasteiger partial charge in [-0.2, -0.15) is 13.2 Å². The zero-order valence-electron chi connectivity index (χ0n) is 18.5. The predicted octanol–water partition coefficient (Wildman–Crippen LogP) is 5.37. The summed E-state index contributed by atoms with van der Waals surface area (Å²) in [6.07, 6.45) is -3.74. The lowest BCUT2D eigenvalue weighted by atomic mass is 9.93. The summed E-state index contributed by atoms with van der Waals surface area (Å²) in [7, 11) is 0. The molecule has 3 aromatic carbocycles. The zero-order chi connectivity index (χ0) is 24.5. The Morgan fingerprint density at radius 1 is 1.03 bits per heavy atom. The molecular formula is C27H23F3O4. The first-order chi connectivity index (χ1) is 16.1. The van der Waals surface area contributed by atoms with Crippen LogP contribution in [0.4, 0.5) is 13.2 Å². The molecule has 1 aliphatic rings. The van der Waals surface area contributed by atoms with Gasteiger partial charge in [-0.1, -0.05) is 35.9 Å². The Labute approximate surface area is 195 Å². The predicted molar refractivity (Wildman–Crippen MR) is 120 cm³/mol. The molecule has 0 fully saturated rings. The number of hydrogen-bond acceptors (Lipinski definition) is 4. The van der Waals surface area contributed by atoms with Gasteiger partial charge in [0.25, 0.3) is 0 Å². The number of alkyl halides is 3. The lowest BCUT2D eigenvalue weighted by molar-refractivity contribution is -0.137. The first-order valence-corrected chi connectivity index (χ1v) is 10.8. The summed E-state index contributed by atoms with van der Waals surface area (Å²) in [6.45, 7) is 1.33. The van der Waals surface area contributed by atoms with Crippen molar-refractivity contribution < 1.29 is 32.6 Å². The molecule has 0 aliphatic heterocycles. The maximum Gasteiger partial charge on any atom is 0.416 e. The minimum atomic E-state index is -4.43. The number of carbonyl (C=O) groups is 2. The van der Waals surface area contributed by atoms with Crippen molar-refractivity contribution in [2.75, 3.05) is 6.61 Å². The highest BCUT2D eigenvalue weighted by Crippen LogP contribution is 2.34. The second kappa shape index (κ2) is 9.43. The second-order valence-corrected chi connectivity index (χ2v) is 8.56. The summed E-state index contributed by atoms with van der Waals surface area (Å²) in [5.74, 6) is -0.256. The van der Waals surface area contributed by atoms with Crippen molar-refractivity contribution >= 4 is 11.6 Å². The highest BCUT2D eigenvalue weighted by molar-refractivity contribution is 6.02. The van der Waals surface area contributed by atoms with E-state index in [-0.39, 0.29) is 24.6 Å². The van der Waals surface area contributed by atoms with E-state index in [0.29, 0.717) is 34.4 Å². The second-order valence-electron chi connectivity index (χ2n) is 8.56. The monoisotopic (exact) mass is 468 g/mol. The average Bonchev–Trinajstić information content (AvgIpc) is 3.11. The standard InChI is InChI=1S/C27H23F3O4/c1-16-8-18(11-22(9-16)27(28,29)30)10-21-12-20-13-23(6-7-24(20)26(21)33)34-15-17-2-4-19(5-3-17)25(32)14-31/h2-9,11,13,21,31H,10,12,14-15H2,1H3. The fraction of sp³-hybridized carbons (Fsp3) is 0.259. The van der Waals surface area contributed by atoms with Crippen molar-refractivity contribution in [3.8, 4) is 5.75 Å². The van der Waals surface area contributed by atoms with Gasteiger partial charge in [0.1, 0.15) is 19.0 Å². The summed E-state index contributed by atoms with van der Waals surface area (Å²) in [6, 6.07) is 15.9. The summed E-state index contributed by atoms with van der Waals surface area (Å²) in [4.78, 5) is 24.4. The van der Waals surface area contributed by atoms with E-state index in [1.165, 1.54) is 0 Å². The Bertz CT molecular complexity index is 1230. The SMILES string of the molecule is Cc1cc(CC2Cc3cc(OCc4ccc(C(=O)CO)cc4)ccc3C2=O)cc(C(F)(F)F)c1. The van der Waals surface area contributed by atoms with Gasteiger partial charge < -0.3 is 9.84 Å². The van der Waals surface area contributed by atoms with Gasteiger partial charge in [0.15, 0.2) is 11.6 Å². The van der Waals surface area contributed by atoms with Crippen LogP contribution in [0.2, 0.25) is 0 Å². The van der Waals surface area contributed by atoms with Crippen LogP contribution in [-0.4, -0.2) is 23.3 Å². The molecule has 0 saturated heterocycles. The van der Waals surface area contributed by atoms with E-state index in [1.807, 2.05) is 0 Å². The smallest absolute Gasteiger partial charge is 0.416 e. The average molecular weight is 468 g/mol. The number of ether oxygens (including phenoxy) is 1. The van der Waals surface area contributed by atoms with E-state index < -0.39 is 24.3 Å². The zero-order valence-corrected chi connectivity index (χ0v) is 18.5. The topological polar surface area (TPSA) is 63.6 Å². The normalized spacial score (nSPS) is 15.3. The molecule has 1 unspecified atom stereocenters. The van der Waals surface area contributed by atoms with Gasteiger partial charge in [0.05, 0.1) is 5.56 Å². The van der Waals surface area contributed by atoms with E-state index in [1.54, 1.807) is 55.5 Å². The van der Waals surface area contributed by atoms with Crippen LogP contribution >= 0.6 is 0 Å². The van der Waals surface area contributed by atoms with Crippen LogP contribution in [0.15, 0.2) is 60.7 Å². The minimum Gasteiger partial charge on any atom is -0.489 e. The summed E-state index contributed by atoms with van der Waals surface area (Å²) < 4.78 is 45.3. The van der Waals surface area contributed by atoms with E-state index >= 15 is 0 Å². The Hall–Kier alpha value is -3.45. The summed E-state index contributed by atoms with van der Waals surface area (Å²) in [5, 5.41) is 8.92. The number of rotatable bonds is 7. The third-order valence-corrected chi connectivity index (χ3v) is 5.95. The molecule has 176 valence electrons. The van der Waals surface area contributed by atoms with Crippen LogP contribution in [0.5, 0.6) is 5.75 Å². The Kier molecular flexibility index (Phi) is 6.57. The minimum absolute atomic E-state index is 0.0687. The van der Waals surface area contributed by atoms with Crippen LogP contribution in [0.25, 0.3) is 0 Å². The van der Waals surface area contributed by atoms with Crippen molar-refractivity contribution in [1.29, 1.82) is 0 Å². The van der Waals surface area contributed by atoms with E-state index in [2.05, 4.69) is 0 Å². The number of Topliss-reactive ketones (excluding diaryl/α,β-unsaturated/α-hetero) is 2. The van der Waals surface area contributed by atoms with Gasteiger partial charge in [-0.25, -0.2) is 0 Å². The fourth-order valence-corrected chi connectivity index (χ4v) is 4.29. The Balaban J connectivity index is 1.43. The molecule has 3 aromatic rings. The molecule has 1 N–H and O–H groups in total. The maximum atomic E-state index is 13.2. The van der Waals surface area contributed by atoms with Crippen molar-refractivity contribution in [1.82, 2.24) is 0 Å². The molecule has 0 amide bonds. The fourth-order valence-electron chi connectivity index (χ4n) is 4.29. The highest BCUT2D eigenvalue weighted by Gasteiger charge is 2.33. The van der Waals surface area contributed by atoms with Crippen LogP contribution < -0.4 is 4.74 Å². The number of carbonyl (C=O) groups excluding carboxylic acids is 2. The molecule has 0 aromatic heterocycles. The van der Waals surface area contributed by atoms with E-state index in [9.17, 15) is 22.8 Å². The maximum absolute atomic E-state index is 13.2. The van der Waals surface area contributed by atoms with Crippen molar-refractivity contribution in [2.24, 2.45) is 5.92 Å². The molecule has 0 heterocycles. The highest BCUT2D eigenvalue weighted by atomic mass is 19.4. The third-order valence-electron chi connectivity index (χ3n) is 5.95. The molecule has 7 heteroatoms. The van der Waals surface area contributed by atoms with Gasteiger partial charge in [-0.15, -0.1) is 0 Å². The van der Waals surface area contributed by atoms with E-state index in [0.717, 1.165) is 23.3 Å². The van der Waals surface area contributed by atoms with Crippen LogP contribution in [-0.2, 0) is 25.6 Å². The molecule has 1 aliphatic carbocycles. The number of aliphatic hydroxyl groups excluding tert-OH is 1. The van der Waals surface area contributed by atoms with Gasteiger partial charge >= 0.3 is 6.18 Å². The summed E-state index contributed by atoms with van der Waals surface area (Å²) in [5.41, 5.74) is 2.96. The van der Waals surface area contributed by atoms with Crippen LogP contribution in [0, 0.1) is 12.8 Å². The molecule has 0 radical (unpaired) electrons. The third kappa shape index (κ3) is 5.20. The molecule has 1 atom stereocenters. The van der Waals surface area contributed by atoms with Crippen LogP contribution in [0.3, 0.4) is 0 Å². The lowest BCUT2D eigenvalue weighted by Gasteiger charge is -2.13. The largest absolute Gasteiger partial charge is 0.489 e. The molecule has 4 rings (SSSR count). The Morgan fingerprint density at radius 3 is 2.44 bits per heavy atom. The van der Waals surface area contributed by atoms with Gasteiger partial charge in [-0.05, 0) is 66.8 Å². The number of aryl methyl sites for hydroxylation is 1. The first-order valence-electron chi connectivity index (χ1n) is 10.8. The number of halogens is 3. The number of fused-ring (bicyclic) bond motifs is 1. The van der Waals surface area contributed by atoms with Crippen molar-refractivity contribution in [3.63, 3.8) is 0 Å². The molecule has 34 heavy (non-hydrogen) atoms. The van der Waals surface area contributed by atoms with Crippen molar-refractivity contribution in [2.45, 2.75) is 32.5 Å². The van der Waals surface area contributed by atoms with Gasteiger partial charge in [0, 0.05) is 17.0 Å². The summed E-state index contributed by atoms with van der Waals surface area (Å²) >= 11 is 0. The first kappa shape index (κ1) is 23.7. The number of ketones is 2. The van der Waals surface area contributed by atoms with Gasteiger partial charge in [0.2, 0.25) is 0 Å². The number of benzene rings is 3. The molecule has 0 spiro atoms. The van der Waals surface area contributed by atoms with Crippen LogP contribution in [0.1, 0.15) is 48.5 Å². The van der Waals surface area contributed by atoms with Gasteiger partial charge in [-0.3, -0.25) is 9.59 Å². The quantitative estimate of drug-likeness (QED) is 0.474.